The Morgan fingerprint density at radius 2 is 2.05 bits per heavy atom. The van der Waals surface area contributed by atoms with Gasteiger partial charge in [-0.15, -0.1) is 0 Å². The molecule has 0 spiro atoms. The Morgan fingerprint density at radius 1 is 1.37 bits per heavy atom. The van der Waals surface area contributed by atoms with E-state index in [9.17, 15) is 4.79 Å². The number of ether oxygens (including phenoxy) is 2. The number of methoxy groups -OCH3 is 1. The summed E-state index contributed by atoms with van der Waals surface area (Å²) in [5.74, 6) is 0.633. The first-order valence-electron chi connectivity index (χ1n) is 6.46. The fourth-order valence-electron chi connectivity index (χ4n) is 1.76. The summed E-state index contributed by atoms with van der Waals surface area (Å²) in [6, 6.07) is 5.97. The van der Waals surface area contributed by atoms with Crippen LogP contribution in [0.5, 0.6) is 5.75 Å². The van der Waals surface area contributed by atoms with Crippen LogP contribution in [0, 0.1) is 6.92 Å². The smallest absolute Gasteiger partial charge is 0.325 e. The number of carbonyl (C=O) groups is 1. The van der Waals surface area contributed by atoms with E-state index in [-0.39, 0.29) is 5.97 Å². The number of carbonyl (C=O) groups excluding carboxylic acids is 1. The third-order valence-electron chi connectivity index (χ3n) is 2.98. The normalized spacial score (nSPS) is 11.2. The van der Waals surface area contributed by atoms with Gasteiger partial charge in [0, 0.05) is 6.54 Å². The number of nitrogens with one attached hydrogen (secondary N) is 1. The van der Waals surface area contributed by atoms with E-state index in [2.05, 4.69) is 5.32 Å². The monoisotopic (exact) mass is 265 g/mol. The first-order chi connectivity index (χ1) is 8.90. The van der Waals surface area contributed by atoms with Crippen LogP contribution < -0.4 is 10.1 Å². The molecule has 0 aromatic heterocycles. The van der Waals surface area contributed by atoms with Crippen LogP contribution >= 0.6 is 0 Å². The molecule has 0 radical (unpaired) electrons. The highest BCUT2D eigenvalue weighted by atomic mass is 16.5. The van der Waals surface area contributed by atoms with Crippen LogP contribution in [0.3, 0.4) is 0 Å². The molecule has 1 N–H and O–H groups in total. The predicted molar refractivity (Wildman–Crippen MR) is 75.3 cm³/mol. The lowest BCUT2D eigenvalue weighted by Crippen LogP contribution is -2.47. The molecule has 1 aromatic rings. The van der Waals surface area contributed by atoms with Gasteiger partial charge in [0.25, 0.3) is 0 Å². The summed E-state index contributed by atoms with van der Waals surface area (Å²) in [5, 5.41) is 3.21. The maximum absolute atomic E-state index is 11.7. The van der Waals surface area contributed by atoms with E-state index in [1.807, 2.05) is 39.0 Å². The van der Waals surface area contributed by atoms with E-state index in [0.717, 1.165) is 16.9 Å². The van der Waals surface area contributed by atoms with Crippen LogP contribution in [0.4, 0.5) is 0 Å². The summed E-state index contributed by atoms with van der Waals surface area (Å²) >= 11 is 0. The van der Waals surface area contributed by atoms with Gasteiger partial charge in [0.05, 0.1) is 13.7 Å². The van der Waals surface area contributed by atoms with Gasteiger partial charge in [0.2, 0.25) is 0 Å². The van der Waals surface area contributed by atoms with Crippen molar-refractivity contribution in [1.29, 1.82) is 0 Å². The molecule has 4 heteroatoms. The molecule has 1 aromatic carbocycles. The van der Waals surface area contributed by atoms with Crippen molar-refractivity contribution < 1.29 is 14.3 Å². The number of aryl methyl sites for hydroxylation is 1. The minimum Gasteiger partial charge on any atom is -0.496 e. The predicted octanol–water partition coefficient (Wildman–Crippen LogP) is 2.43. The molecule has 0 saturated heterocycles. The maximum atomic E-state index is 11.7. The Bertz CT molecular complexity index is 441. The van der Waals surface area contributed by atoms with Crippen LogP contribution in [0.1, 0.15) is 31.9 Å². The van der Waals surface area contributed by atoms with Gasteiger partial charge >= 0.3 is 5.97 Å². The Balaban J connectivity index is 2.66. The highest BCUT2D eigenvalue weighted by molar-refractivity contribution is 5.79. The van der Waals surface area contributed by atoms with E-state index >= 15 is 0 Å². The maximum Gasteiger partial charge on any atom is 0.325 e. The van der Waals surface area contributed by atoms with Gasteiger partial charge in [0.15, 0.2) is 0 Å². The summed E-state index contributed by atoms with van der Waals surface area (Å²) in [6.45, 7) is 8.45. The molecule has 1 rings (SSSR count). The second-order valence-corrected chi connectivity index (χ2v) is 5.00. The van der Waals surface area contributed by atoms with Crippen LogP contribution in [0.2, 0.25) is 0 Å². The summed E-state index contributed by atoms with van der Waals surface area (Å²) in [5.41, 5.74) is 1.50. The molecule has 0 unspecified atom stereocenters. The average Bonchev–Trinajstić information content (AvgIpc) is 2.37. The molecule has 0 amide bonds. The van der Waals surface area contributed by atoms with Crippen molar-refractivity contribution in [3.63, 3.8) is 0 Å². The van der Waals surface area contributed by atoms with Crippen molar-refractivity contribution in [3.05, 3.63) is 29.3 Å². The largest absolute Gasteiger partial charge is 0.496 e. The van der Waals surface area contributed by atoms with Gasteiger partial charge in [-0.1, -0.05) is 12.1 Å². The summed E-state index contributed by atoms with van der Waals surface area (Å²) in [4.78, 5) is 11.7. The molecule has 0 aliphatic carbocycles. The van der Waals surface area contributed by atoms with E-state index in [1.165, 1.54) is 0 Å². The van der Waals surface area contributed by atoms with Gasteiger partial charge in [-0.25, -0.2) is 0 Å². The minimum absolute atomic E-state index is 0.236. The van der Waals surface area contributed by atoms with Gasteiger partial charge in [-0.3, -0.25) is 10.1 Å². The van der Waals surface area contributed by atoms with E-state index in [0.29, 0.717) is 13.2 Å². The first kappa shape index (κ1) is 15.5. The SMILES string of the molecule is CCOC(=O)C(C)(C)NCc1ccc(OC)c(C)c1. The topological polar surface area (TPSA) is 47.6 Å². The number of rotatable bonds is 6. The summed E-state index contributed by atoms with van der Waals surface area (Å²) in [6.07, 6.45) is 0. The molecule has 19 heavy (non-hydrogen) atoms. The van der Waals surface area contributed by atoms with Gasteiger partial charge in [-0.2, -0.15) is 0 Å². The zero-order valence-corrected chi connectivity index (χ0v) is 12.4. The number of benzene rings is 1. The molecular formula is C15H23NO3. The van der Waals surface area contributed by atoms with Crippen molar-refractivity contribution in [2.75, 3.05) is 13.7 Å². The Labute approximate surface area is 115 Å². The van der Waals surface area contributed by atoms with Crippen molar-refractivity contribution in [2.45, 2.75) is 39.8 Å². The number of hydrogen-bond donors (Lipinski definition) is 1. The third kappa shape index (κ3) is 4.24. The van der Waals surface area contributed by atoms with Crippen LogP contribution in [-0.2, 0) is 16.1 Å². The van der Waals surface area contributed by atoms with Crippen LogP contribution in [0.15, 0.2) is 18.2 Å². The first-order valence-corrected chi connectivity index (χ1v) is 6.46. The molecule has 0 bridgehead atoms. The van der Waals surface area contributed by atoms with Crippen LogP contribution in [-0.4, -0.2) is 25.2 Å². The summed E-state index contributed by atoms with van der Waals surface area (Å²) in [7, 11) is 1.66. The fourth-order valence-corrected chi connectivity index (χ4v) is 1.76. The number of hydrogen-bond acceptors (Lipinski definition) is 4. The fraction of sp³-hybridized carbons (Fsp3) is 0.533. The van der Waals surface area contributed by atoms with E-state index < -0.39 is 5.54 Å². The zero-order valence-electron chi connectivity index (χ0n) is 12.4. The summed E-state index contributed by atoms with van der Waals surface area (Å²) < 4.78 is 10.3. The van der Waals surface area contributed by atoms with Crippen molar-refractivity contribution >= 4 is 5.97 Å². The molecular weight excluding hydrogens is 242 g/mol. The van der Waals surface area contributed by atoms with Gasteiger partial charge < -0.3 is 9.47 Å². The lowest BCUT2D eigenvalue weighted by atomic mass is 10.0. The molecule has 0 aliphatic heterocycles. The molecule has 106 valence electrons. The molecule has 0 saturated carbocycles. The molecule has 0 fully saturated rings. The molecule has 0 aliphatic rings. The third-order valence-corrected chi connectivity index (χ3v) is 2.98. The van der Waals surface area contributed by atoms with Gasteiger partial charge in [0.1, 0.15) is 11.3 Å². The second kappa shape index (κ2) is 6.57. The van der Waals surface area contributed by atoms with Gasteiger partial charge in [-0.05, 0) is 44.9 Å². The molecule has 0 heterocycles. The standard InChI is InChI=1S/C15H23NO3/c1-6-19-14(17)15(3,4)16-10-12-7-8-13(18-5)11(2)9-12/h7-9,16H,6,10H2,1-5H3. The molecule has 4 nitrogen and oxygen atoms in total. The Morgan fingerprint density at radius 3 is 2.58 bits per heavy atom. The van der Waals surface area contributed by atoms with Crippen molar-refractivity contribution in [1.82, 2.24) is 5.32 Å². The highest BCUT2D eigenvalue weighted by Crippen LogP contribution is 2.19. The second-order valence-electron chi connectivity index (χ2n) is 5.00. The Hall–Kier alpha value is -1.55. The zero-order chi connectivity index (χ0) is 14.5. The quantitative estimate of drug-likeness (QED) is 0.803. The van der Waals surface area contributed by atoms with Crippen molar-refractivity contribution in [2.24, 2.45) is 0 Å². The minimum atomic E-state index is -0.691. The lowest BCUT2D eigenvalue weighted by Gasteiger charge is -2.24. The van der Waals surface area contributed by atoms with E-state index in [1.54, 1.807) is 14.0 Å². The lowest BCUT2D eigenvalue weighted by molar-refractivity contribution is -0.149. The van der Waals surface area contributed by atoms with E-state index in [4.69, 9.17) is 9.47 Å². The highest BCUT2D eigenvalue weighted by Gasteiger charge is 2.28. The van der Waals surface area contributed by atoms with Crippen molar-refractivity contribution in [3.8, 4) is 5.75 Å². The van der Waals surface area contributed by atoms with Crippen LogP contribution in [0.25, 0.3) is 0 Å². The number of esters is 1. The average molecular weight is 265 g/mol. The Kier molecular flexibility index (Phi) is 5.36. The molecule has 0 atom stereocenters.